The molecule has 1 aliphatic rings. The van der Waals surface area contributed by atoms with Crippen LogP contribution in [-0.4, -0.2) is 42.6 Å². The number of hydrogen-bond donors (Lipinski definition) is 2. The predicted molar refractivity (Wildman–Crippen MR) is 60.5 cm³/mol. The standard InChI is InChI=1S/C11H18N4/c1-15-6-5-14-10(8-15)11(12)9-3-2-4-13-7-9/h2-4,7,10-11,14H,5-6,8,12H2,1H3. The van der Waals surface area contributed by atoms with Crippen molar-refractivity contribution in [2.24, 2.45) is 5.73 Å². The Bertz CT molecular complexity index is 301. The number of piperazine rings is 1. The van der Waals surface area contributed by atoms with Crippen molar-refractivity contribution in [2.75, 3.05) is 26.7 Å². The number of aromatic nitrogens is 1. The first-order chi connectivity index (χ1) is 7.27. The lowest BCUT2D eigenvalue weighted by atomic mass is 10.0. The Labute approximate surface area is 90.5 Å². The molecule has 0 bridgehead atoms. The van der Waals surface area contributed by atoms with Crippen LogP contribution in [0.3, 0.4) is 0 Å². The molecule has 3 N–H and O–H groups in total. The van der Waals surface area contributed by atoms with E-state index in [2.05, 4.69) is 22.2 Å². The lowest BCUT2D eigenvalue weighted by molar-refractivity contribution is 0.220. The second-order valence-electron chi connectivity index (χ2n) is 4.14. The predicted octanol–water partition coefficient (Wildman–Crippen LogP) is -0.0150. The van der Waals surface area contributed by atoms with Gasteiger partial charge in [-0.3, -0.25) is 4.98 Å². The summed E-state index contributed by atoms with van der Waals surface area (Å²) >= 11 is 0. The fourth-order valence-corrected chi connectivity index (χ4v) is 1.98. The Morgan fingerprint density at radius 1 is 1.67 bits per heavy atom. The van der Waals surface area contributed by atoms with Gasteiger partial charge in [0.25, 0.3) is 0 Å². The second-order valence-corrected chi connectivity index (χ2v) is 4.14. The van der Waals surface area contributed by atoms with Crippen molar-refractivity contribution in [2.45, 2.75) is 12.1 Å². The number of nitrogens with two attached hydrogens (primary N) is 1. The van der Waals surface area contributed by atoms with Gasteiger partial charge in [0.05, 0.1) is 0 Å². The molecule has 0 spiro atoms. The molecule has 0 aromatic carbocycles. The number of nitrogens with zero attached hydrogens (tertiary/aromatic N) is 2. The second kappa shape index (κ2) is 4.70. The minimum absolute atomic E-state index is 0.0291. The summed E-state index contributed by atoms with van der Waals surface area (Å²) in [5.74, 6) is 0. The first kappa shape index (κ1) is 10.5. The van der Waals surface area contributed by atoms with Crippen molar-refractivity contribution in [3.63, 3.8) is 0 Å². The maximum Gasteiger partial charge on any atom is 0.0478 e. The number of hydrogen-bond acceptors (Lipinski definition) is 4. The summed E-state index contributed by atoms with van der Waals surface area (Å²) in [5, 5.41) is 3.45. The third-order valence-electron chi connectivity index (χ3n) is 2.91. The molecule has 2 rings (SSSR count). The Morgan fingerprint density at radius 2 is 2.53 bits per heavy atom. The molecule has 0 radical (unpaired) electrons. The van der Waals surface area contributed by atoms with E-state index >= 15 is 0 Å². The number of pyridine rings is 1. The van der Waals surface area contributed by atoms with Crippen molar-refractivity contribution in [1.29, 1.82) is 0 Å². The molecule has 0 amide bonds. The van der Waals surface area contributed by atoms with Gasteiger partial charge in [0.1, 0.15) is 0 Å². The molecule has 15 heavy (non-hydrogen) atoms. The summed E-state index contributed by atoms with van der Waals surface area (Å²) in [6.45, 7) is 3.10. The third kappa shape index (κ3) is 2.53. The zero-order valence-electron chi connectivity index (χ0n) is 9.06. The lowest BCUT2D eigenvalue weighted by Gasteiger charge is -2.34. The average molecular weight is 206 g/mol. The maximum atomic E-state index is 6.20. The number of likely N-dealkylation sites (N-methyl/N-ethyl adjacent to an activating group) is 1. The van der Waals surface area contributed by atoms with Crippen LogP contribution < -0.4 is 11.1 Å². The zero-order valence-corrected chi connectivity index (χ0v) is 9.06. The van der Waals surface area contributed by atoms with Gasteiger partial charge < -0.3 is 16.0 Å². The van der Waals surface area contributed by atoms with Gasteiger partial charge in [0, 0.05) is 44.1 Å². The van der Waals surface area contributed by atoms with E-state index in [0.717, 1.165) is 25.2 Å². The van der Waals surface area contributed by atoms with Crippen LogP contribution in [0, 0.1) is 0 Å². The molecule has 1 aromatic heterocycles. The zero-order chi connectivity index (χ0) is 10.7. The molecule has 1 saturated heterocycles. The van der Waals surface area contributed by atoms with E-state index in [1.807, 2.05) is 18.3 Å². The van der Waals surface area contributed by atoms with Gasteiger partial charge in [-0.2, -0.15) is 0 Å². The van der Waals surface area contributed by atoms with Crippen LogP contribution in [0.1, 0.15) is 11.6 Å². The lowest BCUT2D eigenvalue weighted by Crippen LogP contribution is -2.53. The summed E-state index contributed by atoms with van der Waals surface area (Å²) < 4.78 is 0. The number of nitrogens with one attached hydrogen (secondary N) is 1. The van der Waals surface area contributed by atoms with Gasteiger partial charge in [-0.25, -0.2) is 0 Å². The Hall–Kier alpha value is -0.970. The van der Waals surface area contributed by atoms with Crippen LogP contribution in [0.5, 0.6) is 0 Å². The van der Waals surface area contributed by atoms with Gasteiger partial charge >= 0.3 is 0 Å². The van der Waals surface area contributed by atoms with Crippen LogP contribution >= 0.6 is 0 Å². The highest BCUT2D eigenvalue weighted by molar-refractivity contribution is 5.16. The summed E-state index contributed by atoms with van der Waals surface area (Å²) in [6, 6.07) is 4.32. The van der Waals surface area contributed by atoms with E-state index in [9.17, 15) is 0 Å². The molecule has 1 fully saturated rings. The molecular weight excluding hydrogens is 188 g/mol. The third-order valence-corrected chi connectivity index (χ3v) is 2.91. The molecule has 2 atom stereocenters. The summed E-state index contributed by atoms with van der Waals surface area (Å²) in [7, 11) is 2.13. The molecule has 1 aliphatic heterocycles. The van der Waals surface area contributed by atoms with E-state index in [-0.39, 0.29) is 6.04 Å². The molecule has 4 heteroatoms. The van der Waals surface area contributed by atoms with Crippen molar-refractivity contribution in [3.05, 3.63) is 30.1 Å². The number of rotatable bonds is 2. The fourth-order valence-electron chi connectivity index (χ4n) is 1.98. The quantitative estimate of drug-likeness (QED) is 0.714. The molecule has 4 nitrogen and oxygen atoms in total. The minimum Gasteiger partial charge on any atom is -0.323 e. The Kier molecular flexibility index (Phi) is 3.30. The van der Waals surface area contributed by atoms with Crippen molar-refractivity contribution in [3.8, 4) is 0 Å². The van der Waals surface area contributed by atoms with Crippen LogP contribution in [0.4, 0.5) is 0 Å². The highest BCUT2D eigenvalue weighted by Gasteiger charge is 2.23. The van der Waals surface area contributed by atoms with E-state index in [4.69, 9.17) is 5.73 Å². The molecule has 2 unspecified atom stereocenters. The smallest absolute Gasteiger partial charge is 0.0478 e. The summed E-state index contributed by atoms with van der Waals surface area (Å²) in [4.78, 5) is 6.40. The van der Waals surface area contributed by atoms with Crippen LogP contribution in [0.2, 0.25) is 0 Å². The highest BCUT2D eigenvalue weighted by atomic mass is 15.2. The van der Waals surface area contributed by atoms with Gasteiger partial charge in [-0.15, -0.1) is 0 Å². The molecular formula is C11H18N4. The Balaban J connectivity index is 2.04. The van der Waals surface area contributed by atoms with Crippen molar-refractivity contribution < 1.29 is 0 Å². The molecule has 1 aromatic rings. The Morgan fingerprint density at radius 3 is 3.20 bits per heavy atom. The van der Waals surface area contributed by atoms with E-state index < -0.39 is 0 Å². The van der Waals surface area contributed by atoms with Crippen molar-refractivity contribution >= 4 is 0 Å². The monoisotopic (exact) mass is 206 g/mol. The summed E-state index contributed by atoms with van der Waals surface area (Å²) in [6.07, 6.45) is 3.62. The van der Waals surface area contributed by atoms with Crippen LogP contribution in [-0.2, 0) is 0 Å². The molecule has 82 valence electrons. The molecule has 0 saturated carbocycles. The SMILES string of the molecule is CN1CCNC(C(N)c2cccnc2)C1. The minimum atomic E-state index is 0.0291. The topological polar surface area (TPSA) is 54.2 Å². The summed E-state index contributed by atoms with van der Waals surface area (Å²) in [5.41, 5.74) is 7.30. The van der Waals surface area contributed by atoms with Crippen LogP contribution in [0.15, 0.2) is 24.5 Å². The molecule has 2 heterocycles. The largest absolute Gasteiger partial charge is 0.323 e. The van der Waals surface area contributed by atoms with Gasteiger partial charge in [0.2, 0.25) is 0 Å². The van der Waals surface area contributed by atoms with Crippen LogP contribution in [0.25, 0.3) is 0 Å². The highest BCUT2D eigenvalue weighted by Crippen LogP contribution is 2.14. The molecule has 0 aliphatic carbocycles. The normalized spacial score (nSPS) is 25.1. The van der Waals surface area contributed by atoms with Gasteiger partial charge in [0.15, 0.2) is 0 Å². The van der Waals surface area contributed by atoms with E-state index in [0.29, 0.717) is 6.04 Å². The van der Waals surface area contributed by atoms with E-state index in [1.54, 1.807) is 6.20 Å². The van der Waals surface area contributed by atoms with E-state index in [1.165, 1.54) is 0 Å². The van der Waals surface area contributed by atoms with Gasteiger partial charge in [-0.05, 0) is 18.7 Å². The van der Waals surface area contributed by atoms with Crippen molar-refractivity contribution in [1.82, 2.24) is 15.2 Å². The average Bonchev–Trinajstić information content (AvgIpc) is 2.29. The first-order valence-electron chi connectivity index (χ1n) is 5.35. The maximum absolute atomic E-state index is 6.20. The first-order valence-corrected chi connectivity index (χ1v) is 5.35. The fraction of sp³-hybridized carbons (Fsp3) is 0.545. The van der Waals surface area contributed by atoms with Gasteiger partial charge in [-0.1, -0.05) is 6.07 Å².